The molecule has 2 aliphatic heterocycles. The van der Waals surface area contributed by atoms with Crippen LogP contribution in [0.4, 0.5) is 9.93 Å². The quantitative estimate of drug-likeness (QED) is 0.0708. The molecule has 2 aromatic heterocycles. The number of carboxylic acids is 1. The van der Waals surface area contributed by atoms with Crippen molar-refractivity contribution in [3.8, 4) is 0 Å². The van der Waals surface area contributed by atoms with Crippen LogP contribution >= 0.6 is 34.9 Å². The predicted octanol–water partition coefficient (Wildman–Crippen LogP) is 1.84. The summed E-state index contributed by atoms with van der Waals surface area (Å²) in [6, 6.07) is -1.02. The molecular formula is C24H29N9O7S3. The number of thioether (sulfide) groups is 2. The lowest BCUT2D eigenvalue weighted by Gasteiger charge is -2.49. The number of carbonyl (C=O) groups excluding carboxylic acids is 3. The molecule has 43 heavy (non-hydrogen) atoms. The van der Waals surface area contributed by atoms with Gasteiger partial charge in [-0.3, -0.25) is 19.8 Å². The molecule has 2 aliphatic rings. The third-order valence-electron chi connectivity index (χ3n) is 6.23. The molecule has 0 radical (unpaired) electrons. The summed E-state index contributed by atoms with van der Waals surface area (Å²) in [6.45, 7) is 8.97. The summed E-state index contributed by atoms with van der Waals surface area (Å²) in [5, 5.41) is 31.7. The fourth-order valence-electron chi connectivity index (χ4n) is 3.73. The molecule has 2 aromatic rings. The molecule has 3 amide bonds. The number of ether oxygens (including phenoxy) is 1. The molecule has 0 aliphatic carbocycles. The fraction of sp³-hybridized carbons (Fsp3) is 0.458. The van der Waals surface area contributed by atoms with E-state index >= 15 is 0 Å². The Morgan fingerprint density at radius 1 is 1.37 bits per heavy atom. The molecule has 0 spiro atoms. The first-order valence-electron chi connectivity index (χ1n) is 12.8. The number of aryl methyl sites for hydroxylation is 1. The number of carboxylic acid groups (broad SMARTS) is 1. The molecule has 0 bridgehead atoms. The lowest BCUT2D eigenvalue weighted by Crippen LogP contribution is -2.71. The normalized spacial score (nSPS) is 18.5. The maximum Gasteiger partial charge on any atom is 0.413 e. The summed E-state index contributed by atoms with van der Waals surface area (Å²) in [4.78, 5) is 61.5. The standard InChI is InChI=1S/C24H29N9O7S3/c1-6-8-39-29-14(13-11-42-21(25-13)27-23(38)40-24(3,4)7-2)17(34)26-15-18(35)33-16(20(36)37)12(9-41-19(15)33)10-43-22-28-30-31-32(22)5/h6,11,15,19H,1,7-10H2,2-5H3,(H,26,34)(H,36,37)(H,25,27,38)/t15?,19-/m1/s1. The van der Waals surface area contributed by atoms with Crippen LogP contribution in [0, 0.1) is 0 Å². The SMILES string of the molecule is C=CCON=C(C(=O)NC1C(=O)N2C(C(=O)O)=C(CSc3nnnn3C)CS[C@H]12)c1csc(NC(=O)OC(C)(C)CC)n1. The smallest absolute Gasteiger partial charge is 0.413 e. The first-order chi connectivity index (χ1) is 20.5. The number of hydrogen-bond donors (Lipinski definition) is 3. The topological polar surface area (TPSA) is 203 Å². The summed E-state index contributed by atoms with van der Waals surface area (Å²) < 4.78 is 6.83. The van der Waals surface area contributed by atoms with Crippen molar-refractivity contribution in [1.82, 2.24) is 35.4 Å². The molecule has 19 heteroatoms. The Morgan fingerprint density at radius 2 is 2.14 bits per heavy atom. The minimum Gasteiger partial charge on any atom is -0.477 e. The molecule has 4 rings (SSSR count). The molecule has 1 saturated heterocycles. The highest BCUT2D eigenvalue weighted by molar-refractivity contribution is 8.01. The zero-order chi connectivity index (χ0) is 31.3. The zero-order valence-corrected chi connectivity index (χ0v) is 26.0. The number of β-lactam (4-membered cyclic amide) rings is 1. The third kappa shape index (κ3) is 7.34. The van der Waals surface area contributed by atoms with Crippen LogP contribution in [0.25, 0.3) is 0 Å². The van der Waals surface area contributed by atoms with Crippen LogP contribution < -0.4 is 10.6 Å². The van der Waals surface area contributed by atoms with E-state index < -0.39 is 40.9 Å². The van der Waals surface area contributed by atoms with E-state index in [1.54, 1.807) is 20.9 Å². The Balaban J connectivity index is 1.47. The highest BCUT2D eigenvalue weighted by Crippen LogP contribution is 2.41. The molecule has 0 aromatic carbocycles. The molecular weight excluding hydrogens is 623 g/mol. The van der Waals surface area contributed by atoms with Crippen molar-refractivity contribution in [1.29, 1.82) is 0 Å². The van der Waals surface area contributed by atoms with Crippen molar-refractivity contribution >= 4 is 69.6 Å². The van der Waals surface area contributed by atoms with Gasteiger partial charge in [-0.2, -0.15) is 0 Å². The molecule has 0 saturated carbocycles. The Kier molecular flexibility index (Phi) is 10.1. The van der Waals surface area contributed by atoms with Crippen molar-refractivity contribution in [3.05, 3.63) is 35.0 Å². The van der Waals surface area contributed by atoms with Gasteiger partial charge in [0.1, 0.15) is 35.0 Å². The van der Waals surface area contributed by atoms with Gasteiger partial charge in [0.25, 0.3) is 11.8 Å². The van der Waals surface area contributed by atoms with Crippen molar-refractivity contribution < 1.29 is 33.9 Å². The van der Waals surface area contributed by atoms with Gasteiger partial charge in [0, 0.05) is 23.9 Å². The average molecular weight is 652 g/mol. The number of aromatic nitrogens is 5. The Labute approximate surface area is 258 Å². The van der Waals surface area contributed by atoms with E-state index in [1.807, 2.05) is 6.92 Å². The second-order valence-electron chi connectivity index (χ2n) is 9.68. The van der Waals surface area contributed by atoms with E-state index in [-0.39, 0.29) is 34.6 Å². The van der Waals surface area contributed by atoms with Crippen LogP contribution in [0.15, 0.2) is 39.6 Å². The van der Waals surface area contributed by atoms with Crippen molar-refractivity contribution in [2.24, 2.45) is 12.2 Å². The zero-order valence-electron chi connectivity index (χ0n) is 23.6. The van der Waals surface area contributed by atoms with E-state index in [2.05, 4.69) is 42.9 Å². The van der Waals surface area contributed by atoms with Gasteiger partial charge in [-0.15, -0.1) is 28.2 Å². The van der Waals surface area contributed by atoms with Crippen LogP contribution in [0.1, 0.15) is 32.9 Å². The summed E-state index contributed by atoms with van der Waals surface area (Å²) in [5.74, 6) is -2.03. The van der Waals surface area contributed by atoms with Gasteiger partial charge in [-0.25, -0.2) is 19.3 Å². The van der Waals surface area contributed by atoms with Crippen LogP contribution in [0.2, 0.25) is 0 Å². The van der Waals surface area contributed by atoms with E-state index in [9.17, 15) is 24.3 Å². The number of anilines is 1. The van der Waals surface area contributed by atoms with E-state index in [4.69, 9.17) is 9.57 Å². The number of tetrazole rings is 1. The van der Waals surface area contributed by atoms with E-state index in [0.29, 0.717) is 22.9 Å². The van der Waals surface area contributed by atoms with Crippen molar-refractivity contribution in [2.75, 3.05) is 23.4 Å². The summed E-state index contributed by atoms with van der Waals surface area (Å²) >= 11 is 3.61. The van der Waals surface area contributed by atoms with E-state index in [0.717, 1.165) is 11.3 Å². The molecule has 2 atom stereocenters. The van der Waals surface area contributed by atoms with Gasteiger partial charge < -0.3 is 20.0 Å². The lowest BCUT2D eigenvalue weighted by molar-refractivity contribution is -0.150. The monoisotopic (exact) mass is 651 g/mol. The number of thiazole rings is 1. The minimum atomic E-state index is -1.25. The number of amides is 3. The number of fused-ring (bicyclic) bond motifs is 1. The Morgan fingerprint density at radius 3 is 2.79 bits per heavy atom. The van der Waals surface area contributed by atoms with Crippen LogP contribution in [0.5, 0.6) is 0 Å². The molecule has 1 fully saturated rings. The van der Waals surface area contributed by atoms with Crippen LogP contribution in [-0.4, -0.2) is 99.9 Å². The summed E-state index contributed by atoms with van der Waals surface area (Å²) in [6.07, 6.45) is 1.32. The van der Waals surface area contributed by atoms with Gasteiger partial charge in [-0.05, 0) is 36.3 Å². The van der Waals surface area contributed by atoms with Crippen LogP contribution in [-0.2, 0) is 31.0 Å². The summed E-state index contributed by atoms with van der Waals surface area (Å²) in [5.41, 5.74) is -0.440. The molecule has 230 valence electrons. The van der Waals surface area contributed by atoms with Gasteiger partial charge in [0.2, 0.25) is 5.16 Å². The number of aliphatic carboxylic acids is 1. The largest absolute Gasteiger partial charge is 0.477 e. The number of nitrogens with one attached hydrogen (secondary N) is 2. The molecule has 1 unspecified atom stereocenters. The number of carbonyl (C=O) groups is 4. The van der Waals surface area contributed by atoms with Gasteiger partial charge in [-0.1, -0.05) is 36.5 Å². The molecule has 3 N–H and O–H groups in total. The Bertz CT molecular complexity index is 1490. The maximum absolute atomic E-state index is 13.3. The van der Waals surface area contributed by atoms with Gasteiger partial charge >= 0.3 is 12.1 Å². The summed E-state index contributed by atoms with van der Waals surface area (Å²) in [7, 11) is 1.66. The Hall–Kier alpha value is -3.97. The average Bonchev–Trinajstić information content (AvgIpc) is 3.59. The van der Waals surface area contributed by atoms with Crippen molar-refractivity contribution in [3.63, 3.8) is 0 Å². The first-order valence-corrected chi connectivity index (χ1v) is 15.7. The molecule has 16 nitrogen and oxygen atoms in total. The lowest BCUT2D eigenvalue weighted by atomic mass is 10.0. The maximum atomic E-state index is 13.3. The second kappa shape index (κ2) is 13.6. The second-order valence-corrected chi connectivity index (χ2v) is 12.6. The number of nitrogens with zero attached hydrogens (tertiary/aromatic N) is 7. The highest BCUT2D eigenvalue weighted by Gasteiger charge is 2.54. The fourth-order valence-corrected chi connectivity index (χ4v) is 6.75. The van der Waals surface area contributed by atoms with E-state index in [1.165, 1.54) is 44.6 Å². The minimum absolute atomic E-state index is 0.00296. The highest BCUT2D eigenvalue weighted by atomic mass is 32.2. The first kappa shape index (κ1) is 32.0. The molecule has 4 heterocycles. The third-order valence-corrected chi connectivity index (χ3v) is 9.43. The van der Waals surface area contributed by atoms with Gasteiger partial charge in [0.15, 0.2) is 10.8 Å². The van der Waals surface area contributed by atoms with Gasteiger partial charge in [0.05, 0.1) is 0 Å². The number of oxime groups is 1. The number of hydrogen-bond acceptors (Lipinski definition) is 14. The predicted molar refractivity (Wildman–Crippen MR) is 158 cm³/mol. The van der Waals surface area contributed by atoms with Crippen molar-refractivity contribution in [2.45, 2.75) is 49.4 Å². The number of rotatable bonds is 13. The van der Waals surface area contributed by atoms with Crippen LogP contribution in [0.3, 0.4) is 0 Å².